The van der Waals surface area contributed by atoms with Gasteiger partial charge >= 0.3 is 0 Å². The number of nitrogens with one attached hydrogen (secondary N) is 1. The number of aromatic nitrogens is 3. The van der Waals surface area contributed by atoms with E-state index in [0.29, 0.717) is 6.04 Å². The third-order valence-corrected chi connectivity index (χ3v) is 3.85. The standard InChI is InChI=1S/C14H17BrN4/c1-2-10-7-11(15)3-6-14(10)19-9-13(17-18-19)8-16-12-4-5-12/h3,6-7,9,12,16H,2,4-5,8H2,1H3. The lowest BCUT2D eigenvalue weighted by Crippen LogP contribution is -2.15. The summed E-state index contributed by atoms with van der Waals surface area (Å²) in [6, 6.07) is 6.96. The monoisotopic (exact) mass is 320 g/mol. The predicted molar refractivity (Wildman–Crippen MR) is 78.3 cm³/mol. The van der Waals surface area contributed by atoms with Crippen LogP contribution in [0, 0.1) is 0 Å². The first kappa shape index (κ1) is 12.8. The molecule has 1 aromatic heterocycles. The Morgan fingerprint density at radius 1 is 1.42 bits per heavy atom. The fourth-order valence-electron chi connectivity index (χ4n) is 2.09. The molecule has 1 aliphatic rings. The summed E-state index contributed by atoms with van der Waals surface area (Å²) in [5.41, 5.74) is 3.37. The van der Waals surface area contributed by atoms with Crippen LogP contribution in [0.3, 0.4) is 0 Å². The second kappa shape index (κ2) is 5.43. The predicted octanol–water partition coefficient (Wildman–Crippen LogP) is 2.84. The molecule has 0 aliphatic heterocycles. The van der Waals surface area contributed by atoms with Gasteiger partial charge in [-0.05, 0) is 43.0 Å². The van der Waals surface area contributed by atoms with Gasteiger partial charge in [-0.25, -0.2) is 4.68 Å². The molecule has 0 bridgehead atoms. The lowest BCUT2D eigenvalue weighted by atomic mass is 10.1. The van der Waals surface area contributed by atoms with Gasteiger partial charge in [0.05, 0.1) is 17.6 Å². The van der Waals surface area contributed by atoms with Gasteiger partial charge in [-0.1, -0.05) is 28.1 Å². The molecule has 0 radical (unpaired) electrons. The third kappa shape index (κ3) is 3.04. The van der Waals surface area contributed by atoms with Crippen LogP contribution in [0.2, 0.25) is 0 Å². The van der Waals surface area contributed by atoms with Gasteiger partial charge in [0.25, 0.3) is 0 Å². The summed E-state index contributed by atoms with van der Waals surface area (Å²) in [6.07, 6.45) is 5.57. The first-order valence-corrected chi connectivity index (χ1v) is 7.49. The third-order valence-electron chi connectivity index (χ3n) is 3.36. The molecule has 1 saturated carbocycles. The summed E-state index contributed by atoms with van der Waals surface area (Å²) in [4.78, 5) is 0. The van der Waals surface area contributed by atoms with Crippen LogP contribution < -0.4 is 5.32 Å². The first-order valence-electron chi connectivity index (χ1n) is 6.69. The van der Waals surface area contributed by atoms with Crippen LogP contribution in [-0.4, -0.2) is 21.0 Å². The normalized spacial score (nSPS) is 14.8. The number of hydrogen-bond acceptors (Lipinski definition) is 3. The molecule has 0 saturated heterocycles. The Bertz CT molecular complexity index is 575. The maximum Gasteiger partial charge on any atom is 0.0969 e. The van der Waals surface area contributed by atoms with Crippen molar-refractivity contribution in [2.75, 3.05) is 0 Å². The van der Waals surface area contributed by atoms with Crippen LogP contribution in [0.25, 0.3) is 5.69 Å². The van der Waals surface area contributed by atoms with Crippen LogP contribution in [0.15, 0.2) is 28.9 Å². The number of nitrogens with zero attached hydrogens (tertiary/aromatic N) is 3. The second-order valence-electron chi connectivity index (χ2n) is 4.94. The van der Waals surface area contributed by atoms with E-state index in [1.807, 2.05) is 16.9 Å². The molecule has 5 heteroatoms. The molecule has 3 rings (SSSR count). The molecule has 1 fully saturated rings. The SMILES string of the molecule is CCc1cc(Br)ccc1-n1cc(CNC2CC2)nn1. The van der Waals surface area contributed by atoms with E-state index in [2.05, 4.69) is 50.6 Å². The molecular formula is C14H17BrN4. The molecule has 19 heavy (non-hydrogen) atoms. The molecule has 1 aromatic carbocycles. The molecule has 4 nitrogen and oxygen atoms in total. The minimum Gasteiger partial charge on any atom is -0.308 e. The van der Waals surface area contributed by atoms with E-state index < -0.39 is 0 Å². The van der Waals surface area contributed by atoms with E-state index in [1.54, 1.807) is 0 Å². The van der Waals surface area contributed by atoms with E-state index in [-0.39, 0.29) is 0 Å². The second-order valence-corrected chi connectivity index (χ2v) is 5.85. The average Bonchev–Trinajstić information content (AvgIpc) is 3.14. The quantitative estimate of drug-likeness (QED) is 0.921. The highest BCUT2D eigenvalue weighted by Crippen LogP contribution is 2.21. The molecule has 0 unspecified atom stereocenters. The maximum absolute atomic E-state index is 4.23. The van der Waals surface area contributed by atoms with Gasteiger partial charge in [0, 0.05) is 17.1 Å². The molecule has 0 amide bonds. The van der Waals surface area contributed by atoms with Crippen LogP contribution in [0.5, 0.6) is 0 Å². The number of hydrogen-bond donors (Lipinski definition) is 1. The minimum absolute atomic E-state index is 0.698. The lowest BCUT2D eigenvalue weighted by molar-refractivity contribution is 0.671. The minimum atomic E-state index is 0.698. The largest absolute Gasteiger partial charge is 0.308 e. The van der Waals surface area contributed by atoms with E-state index >= 15 is 0 Å². The van der Waals surface area contributed by atoms with Gasteiger partial charge in [0.15, 0.2) is 0 Å². The highest BCUT2D eigenvalue weighted by molar-refractivity contribution is 9.10. The summed E-state index contributed by atoms with van der Waals surface area (Å²) in [5.74, 6) is 0. The van der Waals surface area contributed by atoms with Gasteiger partial charge in [-0.15, -0.1) is 5.10 Å². The zero-order valence-electron chi connectivity index (χ0n) is 10.9. The lowest BCUT2D eigenvalue weighted by Gasteiger charge is -2.07. The molecule has 0 spiro atoms. The molecule has 2 aromatic rings. The summed E-state index contributed by atoms with van der Waals surface area (Å²) in [5, 5.41) is 11.9. The van der Waals surface area contributed by atoms with Crippen LogP contribution in [0.4, 0.5) is 0 Å². The summed E-state index contributed by atoms with van der Waals surface area (Å²) in [6.45, 7) is 2.96. The zero-order valence-corrected chi connectivity index (χ0v) is 12.5. The van der Waals surface area contributed by atoms with E-state index in [4.69, 9.17) is 0 Å². The van der Waals surface area contributed by atoms with E-state index in [9.17, 15) is 0 Å². The fraction of sp³-hybridized carbons (Fsp3) is 0.429. The molecule has 0 atom stereocenters. The van der Waals surface area contributed by atoms with Crippen molar-refractivity contribution >= 4 is 15.9 Å². The Kier molecular flexibility index (Phi) is 3.66. The van der Waals surface area contributed by atoms with Crippen molar-refractivity contribution in [3.05, 3.63) is 40.1 Å². The molecule has 100 valence electrons. The van der Waals surface area contributed by atoms with Gasteiger partial charge in [-0.2, -0.15) is 0 Å². The number of rotatable bonds is 5. The first-order chi connectivity index (χ1) is 9.26. The van der Waals surface area contributed by atoms with Crippen LogP contribution >= 0.6 is 15.9 Å². The van der Waals surface area contributed by atoms with E-state index in [1.165, 1.54) is 18.4 Å². The van der Waals surface area contributed by atoms with Gasteiger partial charge < -0.3 is 5.32 Å². The van der Waals surface area contributed by atoms with Crippen LogP contribution in [-0.2, 0) is 13.0 Å². The fourth-order valence-corrected chi connectivity index (χ4v) is 2.50. The number of benzene rings is 1. The molecule has 1 N–H and O–H groups in total. The smallest absolute Gasteiger partial charge is 0.0969 e. The van der Waals surface area contributed by atoms with Gasteiger partial charge in [0.2, 0.25) is 0 Å². The summed E-state index contributed by atoms with van der Waals surface area (Å²) in [7, 11) is 0. The van der Waals surface area contributed by atoms with Gasteiger partial charge in [-0.3, -0.25) is 0 Å². The Labute approximate surface area is 121 Å². The van der Waals surface area contributed by atoms with Crippen LogP contribution in [0.1, 0.15) is 31.0 Å². The summed E-state index contributed by atoms with van der Waals surface area (Å²) < 4.78 is 2.97. The number of halogens is 1. The summed E-state index contributed by atoms with van der Waals surface area (Å²) >= 11 is 3.51. The molecule has 1 aliphatic carbocycles. The number of aryl methyl sites for hydroxylation is 1. The molecular weight excluding hydrogens is 304 g/mol. The van der Waals surface area contributed by atoms with E-state index in [0.717, 1.165) is 28.8 Å². The molecule has 1 heterocycles. The van der Waals surface area contributed by atoms with Crippen molar-refractivity contribution < 1.29 is 0 Å². The van der Waals surface area contributed by atoms with Crippen molar-refractivity contribution in [1.29, 1.82) is 0 Å². The van der Waals surface area contributed by atoms with Crippen molar-refractivity contribution in [3.8, 4) is 5.69 Å². The maximum atomic E-state index is 4.23. The average molecular weight is 321 g/mol. The van der Waals surface area contributed by atoms with Crippen molar-refractivity contribution in [2.24, 2.45) is 0 Å². The topological polar surface area (TPSA) is 42.7 Å². The van der Waals surface area contributed by atoms with Crippen molar-refractivity contribution in [2.45, 2.75) is 38.8 Å². The Morgan fingerprint density at radius 3 is 3.00 bits per heavy atom. The Hall–Kier alpha value is -1.20. The zero-order chi connectivity index (χ0) is 13.2. The van der Waals surface area contributed by atoms with Gasteiger partial charge in [0.1, 0.15) is 0 Å². The highest BCUT2D eigenvalue weighted by atomic mass is 79.9. The Morgan fingerprint density at radius 2 is 2.26 bits per heavy atom. The van der Waals surface area contributed by atoms with Crippen molar-refractivity contribution in [1.82, 2.24) is 20.3 Å². The van der Waals surface area contributed by atoms with Crippen molar-refractivity contribution in [3.63, 3.8) is 0 Å². The Balaban J connectivity index is 1.80. The highest BCUT2D eigenvalue weighted by Gasteiger charge is 2.20.